The van der Waals surface area contributed by atoms with Crippen molar-refractivity contribution in [3.8, 4) is 5.75 Å². The first-order valence-electron chi connectivity index (χ1n) is 11.2. The number of likely N-dealkylation sites (tertiary alicyclic amines) is 1. The Morgan fingerprint density at radius 2 is 1.78 bits per heavy atom. The molecule has 1 aromatic carbocycles. The maximum atomic E-state index is 13.4. The van der Waals surface area contributed by atoms with Gasteiger partial charge in [0.25, 0.3) is 5.92 Å². The molecular formula is C22H24ClF5N2O5S. The molecule has 1 saturated heterocycles. The molecule has 1 heterocycles. The first kappa shape index (κ1) is 26.9. The molecule has 2 aliphatic carbocycles. The lowest BCUT2D eigenvalue weighted by Crippen LogP contribution is -2.60. The third-order valence-corrected chi connectivity index (χ3v) is 9.46. The van der Waals surface area contributed by atoms with E-state index in [0.29, 0.717) is 0 Å². The number of halogens is 6. The van der Waals surface area contributed by atoms with Crippen LogP contribution >= 0.6 is 11.6 Å². The number of amides is 2. The minimum absolute atomic E-state index is 0.229. The Balaban J connectivity index is 1.55. The van der Waals surface area contributed by atoms with E-state index in [2.05, 4.69) is 10.1 Å². The lowest BCUT2D eigenvalue weighted by atomic mass is 9.92. The summed E-state index contributed by atoms with van der Waals surface area (Å²) < 4.78 is 95.3. The van der Waals surface area contributed by atoms with E-state index in [1.807, 2.05) is 6.92 Å². The molecule has 0 radical (unpaired) electrons. The fourth-order valence-electron chi connectivity index (χ4n) is 4.56. The van der Waals surface area contributed by atoms with E-state index < -0.39 is 76.1 Å². The van der Waals surface area contributed by atoms with Gasteiger partial charge in [0.15, 0.2) is 16.4 Å². The molecule has 2 amide bonds. The summed E-state index contributed by atoms with van der Waals surface area (Å²) in [7, 11) is -4.24. The van der Waals surface area contributed by atoms with E-state index in [4.69, 9.17) is 11.6 Å². The monoisotopic (exact) mass is 558 g/mol. The van der Waals surface area contributed by atoms with Crippen LogP contribution in [0.2, 0.25) is 5.02 Å². The number of ether oxygens (including phenoxy) is 1. The minimum Gasteiger partial charge on any atom is -0.484 e. The Hall–Kier alpha value is -2.15. The molecule has 1 N–H and O–H groups in total. The summed E-state index contributed by atoms with van der Waals surface area (Å²) in [6.45, 7) is -1.37. The lowest BCUT2D eigenvalue weighted by Gasteiger charge is -2.40. The van der Waals surface area contributed by atoms with E-state index in [1.165, 1.54) is 0 Å². The molecule has 3 aliphatic rings. The fraction of sp³-hybridized carbons (Fsp3) is 0.636. The zero-order valence-corrected chi connectivity index (χ0v) is 20.7. The van der Waals surface area contributed by atoms with Gasteiger partial charge >= 0.3 is 6.18 Å². The molecule has 200 valence electrons. The van der Waals surface area contributed by atoms with Gasteiger partial charge in [-0.15, -0.1) is 0 Å². The van der Waals surface area contributed by atoms with Crippen LogP contribution < -0.4 is 10.1 Å². The standard InChI is InChI=1S/C22H24ClF5N2O5S/c1-20(4-5-20)29-18(31)14-7-13(8-15(14)19(32)30-9-21(24,25)10-30)36(33,34)17-3-2-12(6-16(17)23)35-11-22(26,27)28/h2-3,6,13-15H,4-5,7-11H2,1H3,(H,29,31). The molecule has 4 rings (SSSR count). The zero-order chi connectivity index (χ0) is 26.7. The summed E-state index contributed by atoms with van der Waals surface area (Å²) in [4.78, 5) is 26.5. The third kappa shape index (κ3) is 5.71. The van der Waals surface area contributed by atoms with Crippen LogP contribution in [-0.2, 0) is 19.4 Å². The summed E-state index contributed by atoms with van der Waals surface area (Å²) in [5, 5.41) is 1.21. The smallest absolute Gasteiger partial charge is 0.422 e. The Labute approximate surface area is 209 Å². The van der Waals surface area contributed by atoms with Crippen molar-refractivity contribution < 1.29 is 44.7 Å². The van der Waals surface area contributed by atoms with Gasteiger partial charge in [-0.3, -0.25) is 9.59 Å². The molecule has 36 heavy (non-hydrogen) atoms. The van der Waals surface area contributed by atoms with Gasteiger partial charge in [0, 0.05) is 11.6 Å². The van der Waals surface area contributed by atoms with Crippen molar-refractivity contribution in [2.45, 2.75) is 60.4 Å². The van der Waals surface area contributed by atoms with E-state index in [-0.39, 0.29) is 28.5 Å². The summed E-state index contributed by atoms with van der Waals surface area (Å²) >= 11 is 6.07. The van der Waals surface area contributed by atoms with Gasteiger partial charge < -0.3 is 15.0 Å². The maximum Gasteiger partial charge on any atom is 0.422 e. The van der Waals surface area contributed by atoms with E-state index in [0.717, 1.165) is 35.9 Å². The first-order valence-corrected chi connectivity index (χ1v) is 13.1. The molecule has 14 heteroatoms. The minimum atomic E-state index is -4.60. The second-order valence-corrected chi connectivity index (χ2v) is 12.6. The highest BCUT2D eigenvalue weighted by atomic mass is 35.5. The number of nitrogens with zero attached hydrogens (tertiary/aromatic N) is 1. The topological polar surface area (TPSA) is 92.8 Å². The van der Waals surface area contributed by atoms with Crippen molar-refractivity contribution in [1.82, 2.24) is 10.2 Å². The van der Waals surface area contributed by atoms with Crippen molar-refractivity contribution in [3.63, 3.8) is 0 Å². The van der Waals surface area contributed by atoms with Gasteiger partial charge in [-0.25, -0.2) is 17.2 Å². The van der Waals surface area contributed by atoms with Crippen molar-refractivity contribution in [2.24, 2.45) is 11.8 Å². The van der Waals surface area contributed by atoms with Crippen molar-refractivity contribution in [2.75, 3.05) is 19.7 Å². The first-order chi connectivity index (χ1) is 16.5. The number of benzene rings is 1. The van der Waals surface area contributed by atoms with Gasteiger partial charge in [0.1, 0.15) is 5.75 Å². The van der Waals surface area contributed by atoms with E-state index in [1.54, 1.807) is 0 Å². The van der Waals surface area contributed by atoms with Crippen molar-refractivity contribution >= 4 is 33.3 Å². The molecule has 7 nitrogen and oxygen atoms in total. The molecule has 0 spiro atoms. The molecule has 1 aromatic rings. The van der Waals surface area contributed by atoms with Crippen LogP contribution in [0.15, 0.2) is 23.1 Å². The van der Waals surface area contributed by atoms with Crippen molar-refractivity contribution in [3.05, 3.63) is 23.2 Å². The third-order valence-electron chi connectivity index (χ3n) is 6.81. The van der Waals surface area contributed by atoms with Crippen LogP contribution in [0.1, 0.15) is 32.6 Å². The largest absolute Gasteiger partial charge is 0.484 e. The average molecular weight is 559 g/mol. The van der Waals surface area contributed by atoms with Crippen LogP contribution in [0.4, 0.5) is 22.0 Å². The summed E-state index contributed by atoms with van der Waals surface area (Å²) in [5.41, 5.74) is -0.443. The summed E-state index contributed by atoms with van der Waals surface area (Å²) in [6.07, 6.45) is -3.66. The molecule has 3 fully saturated rings. The van der Waals surface area contributed by atoms with Crippen LogP contribution in [0.3, 0.4) is 0 Å². The normalized spacial score (nSPS) is 26.8. The molecule has 0 aromatic heterocycles. The van der Waals surface area contributed by atoms with Gasteiger partial charge in [0.05, 0.1) is 40.1 Å². The van der Waals surface area contributed by atoms with Crippen LogP contribution in [-0.4, -0.2) is 67.7 Å². The Morgan fingerprint density at radius 1 is 1.17 bits per heavy atom. The number of hydrogen-bond donors (Lipinski definition) is 1. The number of carbonyl (C=O) groups excluding carboxylic acids is 2. The molecular weight excluding hydrogens is 535 g/mol. The Kier molecular flexibility index (Phi) is 6.72. The highest BCUT2D eigenvalue weighted by Gasteiger charge is 2.54. The predicted molar refractivity (Wildman–Crippen MR) is 117 cm³/mol. The molecule has 3 unspecified atom stereocenters. The van der Waals surface area contributed by atoms with Gasteiger partial charge in [-0.1, -0.05) is 11.6 Å². The second kappa shape index (κ2) is 9.00. The Morgan fingerprint density at radius 3 is 2.31 bits per heavy atom. The number of sulfone groups is 1. The predicted octanol–water partition coefficient (Wildman–Crippen LogP) is 3.60. The van der Waals surface area contributed by atoms with Gasteiger partial charge in [0.2, 0.25) is 11.8 Å². The number of rotatable bonds is 7. The molecule has 0 bridgehead atoms. The molecule has 1 aliphatic heterocycles. The van der Waals surface area contributed by atoms with Gasteiger partial charge in [-0.2, -0.15) is 13.2 Å². The highest BCUT2D eigenvalue weighted by molar-refractivity contribution is 7.92. The SMILES string of the molecule is CC1(NC(=O)C2CC(S(=O)(=O)c3ccc(OCC(F)(F)F)cc3Cl)CC2C(=O)N2CC(F)(F)C2)CC1. The van der Waals surface area contributed by atoms with Crippen LogP contribution in [0.25, 0.3) is 0 Å². The van der Waals surface area contributed by atoms with E-state index in [9.17, 15) is 40.0 Å². The lowest BCUT2D eigenvalue weighted by molar-refractivity contribution is -0.171. The number of hydrogen-bond acceptors (Lipinski definition) is 5. The number of nitrogens with one attached hydrogen (secondary N) is 1. The number of alkyl halides is 5. The highest BCUT2D eigenvalue weighted by Crippen LogP contribution is 2.44. The number of carbonyl (C=O) groups is 2. The van der Waals surface area contributed by atoms with Crippen LogP contribution in [0, 0.1) is 11.8 Å². The molecule has 3 atom stereocenters. The summed E-state index contributed by atoms with van der Waals surface area (Å²) in [5.74, 6) is -6.69. The fourth-order valence-corrected chi connectivity index (χ4v) is 6.92. The summed E-state index contributed by atoms with van der Waals surface area (Å²) in [6, 6.07) is 2.98. The van der Waals surface area contributed by atoms with E-state index >= 15 is 0 Å². The quantitative estimate of drug-likeness (QED) is 0.516. The Bertz CT molecular complexity index is 1160. The second-order valence-electron chi connectivity index (χ2n) is 9.95. The molecule has 2 saturated carbocycles. The average Bonchev–Trinajstić information content (AvgIpc) is 3.28. The zero-order valence-electron chi connectivity index (χ0n) is 19.1. The van der Waals surface area contributed by atoms with Crippen molar-refractivity contribution in [1.29, 1.82) is 0 Å². The maximum absolute atomic E-state index is 13.4. The van der Waals surface area contributed by atoms with Gasteiger partial charge in [-0.05, 0) is 44.7 Å². The van der Waals surface area contributed by atoms with Crippen LogP contribution in [0.5, 0.6) is 5.75 Å².